The van der Waals surface area contributed by atoms with Gasteiger partial charge in [-0.3, -0.25) is 4.79 Å². The highest BCUT2D eigenvalue weighted by Gasteiger charge is 2.16. The lowest BCUT2D eigenvalue weighted by atomic mass is 10.1. The van der Waals surface area contributed by atoms with Crippen LogP contribution in [0.15, 0.2) is 30.5 Å². The second-order valence-electron chi connectivity index (χ2n) is 6.50. The standard InChI is InChI=1S/C19H21FN4O/c1-11(2)24-18-16(10-22-24)15(8-13(4)23-18)19(25)21-9-14-5-6-17(20)12(3)7-14/h5-8,10-11H,9H2,1-4H3,(H,21,25). The minimum Gasteiger partial charge on any atom is -0.348 e. The molecule has 2 heterocycles. The number of carbonyl (C=O) groups excluding carboxylic acids is 1. The molecule has 3 rings (SSSR count). The number of nitrogens with one attached hydrogen (secondary N) is 1. The minimum absolute atomic E-state index is 0.157. The molecule has 1 amide bonds. The van der Waals surface area contributed by atoms with Crippen LogP contribution >= 0.6 is 0 Å². The van der Waals surface area contributed by atoms with Crippen LogP contribution in [-0.4, -0.2) is 20.7 Å². The quantitative estimate of drug-likeness (QED) is 0.788. The van der Waals surface area contributed by atoms with E-state index in [4.69, 9.17) is 0 Å². The van der Waals surface area contributed by atoms with E-state index in [-0.39, 0.29) is 17.8 Å². The molecule has 0 fully saturated rings. The molecule has 130 valence electrons. The Morgan fingerprint density at radius 2 is 2.04 bits per heavy atom. The lowest BCUT2D eigenvalue weighted by Crippen LogP contribution is -2.23. The minimum atomic E-state index is -0.248. The van der Waals surface area contributed by atoms with Gasteiger partial charge in [0.15, 0.2) is 5.65 Å². The Balaban J connectivity index is 1.88. The van der Waals surface area contributed by atoms with Crippen LogP contribution in [0, 0.1) is 19.7 Å². The van der Waals surface area contributed by atoms with Gasteiger partial charge in [-0.15, -0.1) is 0 Å². The molecule has 5 nitrogen and oxygen atoms in total. The lowest BCUT2D eigenvalue weighted by Gasteiger charge is -2.10. The van der Waals surface area contributed by atoms with Crippen molar-refractivity contribution >= 4 is 16.9 Å². The Kier molecular flexibility index (Phi) is 4.53. The maximum Gasteiger partial charge on any atom is 0.252 e. The first-order chi connectivity index (χ1) is 11.9. The molecule has 0 saturated heterocycles. The van der Waals surface area contributed by atoms with Crippen molar-refractivity contribution in [2.24, 2.45) is 0 Å². The fraction of sp³-hybridized carbons (Fsp3) is 0.316. The number of carbonyl (C=O) groups is 1. The first-order valence-electron chi connectivity index (χ1n) is 8.25. The van der Waals surface area contributed by atoms with E-state index in [2.05, 4.69) is 15.4 Å². The van der Waals surface area contributed by atoms with Crippen LogP contribution in [0.3, 0.4) is 0 Å². The van der Waals surface area contributed by atoms with Crippen molar-refractivity contribution in [2.75, 3.05) is 0 Å². The number of amides is 1. The van der Waals surface area contributed by atoms with Crippen LogP contribution in [-0.2, 0) is 6.54 Å². The van der Waals surface area contributed by atoms with E-state index >= 15 is 0 Å². The van der Waals surface area contributed by atoms with Crippen molar-refractivity contribution in [2.45, 2.75) is 40.3 Å². The van der Waals surface area contributed by atoms with Gasteiger partial charge in [-0.25, -0.2) is 14.1 Å². The first kappa shape index (κ1) is 17.1. The molecular weight excluding hydrogens is 319 g/mol. The zero-order chi connectivity index (χ0) is 18.1. The normalized spacial score (nSPS) is 11.3. The Morgan fingerprint density at radius 1 is 1.28 bits per heavy atom. The number of pyridine rings is 1. The zero-order valence-corrected chi connectivity index (χ0v) is 14.8. The Bertz CT molecular complexity index is 946. The summed E-state index contributed by atoms with van der Waals surface area (Å²) in [6.07, 6.45) is 1.68. The largest absolute Gasteiger partial charge is 0.348 e. The van der Waals surface area contributed by atoms with E-state index in [1.165, 1.54) is 6.07 Å². The predicted octanol–water partition coefficient (Wildman–Crippen LogP) is 3.70. The summed E-state index contributed by atoms with van der Waals surface area (Å²) in [7, 11) is 0. The fourth-order valence-electron chi connectivity index (χ4n) is 2.80. The highest BCUT2D eigenvalue weighted by Crippen LogP contribution is 2.21. The SMILES string of the molecule is Cc1cc(C(=O)NCc2ccc(F)c(C)c2)c2cnn(C(C)C)c2n1. The van der Waals surface area contributed by atoms with Gasteiger partial charge in [0.05, 0.1) is 17.1 Å². The number of aryl methyl sites for hydroxylation is 2. The molecule has 0 bridgehead atoms. The van der Waals surface area contributed by atoms with E-state index in [9.17, 15) is 9.18 Å². The van der Waals surface area contributed by atoms with Crippen LogP contribution in [0.25, 0.3) is 11.0 Å². The van der Waals surface area contributed by atoms with Crippen LogP contribution in [0.4, 0.5) is 4.39 Å². The summed E-state index contributed by atoms with van der Waals surface area (Å²) in [6, 6.07) is 6.75. The zero-order valence-electron chi connectivity index (χ0n) is 14.8. The second kappa shape index (κ2) is 6.63. The van der Waals surface area contributed by atoms with E-state index in [1.54, 1.807) is 31.3 Å². The van der Waals surface area contributed by atoms with Crippen LogP contribution in [0.5, 0.6) is 0 Å². The molecule has 0 radical (unpaired) electrons. The Morgan fingerprint density at radius 3 is 2.72 bits per heavy atom. The highest BCUT2D eigenvalue weighted by atomic mass is 19.1. The molecule has 0 aliphatic carbocycles. The number of hydrogen-bond donors (Lipinski definition) is 1. The Labute approximate surface area is 145 Å². The van der Waals surface area contributed by atoms with E-state index in [0.29, 0.717) is 23.3 Å². The molecule has 3 aromatic rings. The summed E-state index contributed by atoms with van der Waals surface area (Å²) in [6.45, 7) is 7.94. The summed E-state index contributed by atoms with van der Waals surface area (Å²) in [4.78, 5) is 17.2. The van der Waals surface area contributed by atoms with Crippen molar-refractivity contribution < 1.29 is 9.18 Å². The molecule has 0 atom stereocenters. The molecule has 0 aliphatic heterocycles. The van der Waals surface area contributed by atoms with Crippen molar-refractivity contribution in [3.05, 3.63) is 58.7 Å². The van der Waals surface area contributed by atoms with Gasteiger partial charge >= 0.3 is 0 Å². The van der Waals surface area contributed by atoms with Crippen LogP contribution in [0.2, 0.25) is 0 Å². The molecule has 0 aliphatic rings. The molecule has 25 heavy (non-hydrogen) atoms. The molecule has 2 aromatic heterocycles. The average molecular weight is 340 g/mol. The van der Waals surface area contributed by atoms with Gasteiger partial charge in [-0.2, -0.15) is 5.10 Å². The van der Waals surface area contributed by atoms with Crippen molar-refractivity contribution in [1.82, 2.24) is 20.1 Å². The van der Waals surface area contributed by atoms with Gasteiger partial charge in [-0.1, -0.05) is 12.1 Å². The summed E-state index contributed by atoms with van der Waals surface area (Å²) >= 11 is 0. The van der Waals surface area contributed by atoms with Gasteiger partial charge in [-0.05, 0) is 51.0 Å². The van der Waals surface area contributed by atoms with Gasteiger partial charge < -0.3 is 5.32 Å². The predicted molar refractivity (Wildman–Crippen MR) is 95.0 cm³/mol. The van der Waals surface area contributed by atoms with Crippen LogP contribution in [0.1, 0.15) is 47.1 Å². The first-order valence-corrected chi connectivity index (χ1v) is 8.25. The van der Waals surface area contributed by atoms with Crippen molar-refractivity contribution in [3.8, 4) is 0 Å². The van der Waals surface area contributed by atoms with E-state index < -0.39 is 0 Å². The molecule has 1 aromatic carbocycles. The van der Waals surface area contributed by atoms with Crippen molar-refractivity contribution in [3.63, 3.8) is 0 Å². The van der Waals surface area contributed by atoms with Gasteiger partial charge in [0.25, 0.3) is 5.91 Å². The monoisotopic (exact) mass is 340 g/mol. The number of fused-ring (bicyclic) bond motifs is 1. The summed E-state index contributed by atoms with van der Waals surface area (Å²) in [5, 5.41) is 7.97. The topological polar surface area (TPSA) is 59.8 Å². The third kappa shape index (κ3) is 3.38. The van der Waals surface area contributed by atoms with Gasteiger partial charge in [0.1, 0.15) is 5.82 Å². The third-order valence-electron chi connectivity index (χ3n) is 4.10. The van der Waals surface area contributed by atoms with E-state index in [1.807, 2.05) is 25.5 Å². The summed E-state index contributed by atoms with van der Waals surface area (Å²) in [5.74, 6) is -0.441. The molecule has 6 heteroatoms. The lowest BCUT2D eigenvalue weighted by molar-refractivity contribution is 0.0952. The summed E-state index contributed by atoms with van der Waals surface area (Å²) < 4.78 is 15.2. The number of aromatic nitrogens is 3. The maximum absolute atomic E-state index is 13.3. The molecular formula is C19H21FN4O. The molecule has 0 saturated carbocycles. The summed E-state index contributed by atoms with van der Waals surface area (Å²) in [5.41, 5.74) is 3.43. The fourth-order valence-corrected chi connectivity index (χ4v) is 2.80. The highest BCUT2D eigenvalue weighted by molar-refractivity contribution is 6.05. The number of benzene rings is 1. The maximum atomic E-state index is 13.3. The number of rotatable bonds is 4. The van der Waals surface area contributed by atoms with E-state index in [0.717, 1.165) is 16.6 Å². The van der Waals surface area contributed by atoms with Crippen molar-refractivity contribution in [1.29, 1.82) is 0 Å². The van der Waals surface area contributed by atoms with Gasteiger partial charge in [0.2, 0.25) is 0 Å². The molecule has 0 spiro atoms. The smallest absolute Gasteiger partial charge is 0.252 e. The molecule has 0 unspecified atom stereocenters. The number of hydrogen-bond acceptors (Lipinski definition) is 3. The Hall–Kier alpha value is -2.76. The second-order valence-corrected chi connectivity index (χ2v) is 6.50. The number of nitrogens with zero attached hydrogens (tertiary/aromatic N) is 3. The third-order valence-corrected chi connectivity index (χ3v) is 4.10. The molecule has 1 N–H and O–H groups in total. The van der Waals surface area contributed by atoms with Crippen LogP contribution < -0.4 is 5.32 Å². The van der Waals surface area contributed by atoms with Gasteiger partial charge in [0, 0.05) is 18.3 Å². The average Bonchev–Trinajstić information content (AvgIpc) is 2.98. The number of halogens is 1.